The number of carbonyl (C=O) groups is 3. The Hall–Kier alpha value is -4.65. The van der Waals surface area contributed by atoms with Crippen LogP contribution in [0.15, 0.2) is 91.5 Å². The summed E-state index contributed by atoms with van der Waals surface area (Å²) in [7, 11) is 1.34. The summed E-state index contributed by atoms with van der Waals surface area (Å²) in [4.78, 5) is 34.6. The molecule has 0 spiro atoms. The molecule has 0 aliphatic carbocycles. The molecule has 0 unspecified atom stereocenters. The maximum Gasteiger partial charge on any atom is 0.337 e. The van der Waals surface area contributed by atoms with E-state index < -0.39 is 17.9 Å². The number of hydrogen-bond donors (Lipinski definition) is 0. The van der Waals surface area contributed by atoms with E-state index in [-0.39, 0.29) is 6.79 Å². The largest absolute Gasteiger partial charge is 0.465 e. The number of esters is 3. The third kappa shape index (κ3) is 6.93. The predicted molar refractivity (Wildman–Crippen MR) is 126 cm³/mol. The minimum atomic E-state index is -0.568. The smallest absolute Gasteiger partial charge is 0.337 e. The lowest BCUT2D eigenvalue weighted by molar-refractivity contribution is -0.144. The molecule has 7 heteroatoms. The molecule has 34 heavy (non-hydrogen) atoms. The molecule has 0 amide bonds. The van der Waals surface area contributed by atoms with Crippen molar-refractivity contribution in [1.29, 1.82) is 0 Å². The predicted octanol–water partition coefficient (Wildman–Crippen LogP) is 4.82. The van der Waals surface area contributed by atoms with Gasteiger partial charge in [0.1, 0.15) is 11.5 Å². The first-order chi connectivity index (χ1) is 16.5. The van der Waals surface area contributed by atoms with Crippen LogP contribution in [0.4, 0.5) is 0 Å². The van der Waals surface area contributed by atoms with Gasteiger partial charge in [-0.25, -0.2) is 14.4 Å². The number of rotatable bonds is 9. The van der Waals surface area contributed by atoms with E-state index in [9.17, 15) is 14.4 Å². The highest BCUT2D eigenvalue weighted by Gasteiger charge is 2.06. The van der Waals surface area contributed by atoms with Gasteiger partial charge in [0.25, 0.3) is 0 Å². The van der Waals surface area contributed by atoms with Gasteiger partial charge in [-0.05, 0) is 59.2 Å². The zero-order chi connectivity index (χ0) is 24.3. The molecule has 0 heterocycles. The van der Waals surface area contributed by atoms with Gasteiger partial charge in [0.05, 0.1) is 12.7 Å². The summed E-state index contributed by atoms with van der Waals surface area (Å²) >= 11 is 0. The zero-order valence-corrected chi connectivity index (χ0v) is 18.4. The second-order valence-electron chi connectivity index (χ2n) is 6.85. The molecule has 3 aromatic carbocycles. The monoisotopic (exact) mass is 458 g/mol. The van der Waals surface area contributed by atoms with Crippen LogP contribution in [0.3, 0.4) is 0 Å². The first kappa shape index (κ1) is 24.0. The van der Waals surface area contributed by atoms with Gasteiger partial charge in [0.15, 0.2) is 0 Å². The number of methoxy groups -OCH3 is 1. The van der Waals surface area contributed by atoms with Crippen molar-refractivity contribution in [1.82, 2.24) is 0 Å². The molecule has 0 radical (unpaired) electrons. The maximum atomic E-state index is 12.1. The van der Waals surface area contributed by atoms with E-state index in [2.05, 4.69) is 6.58 Å². The van der Waals surface area contributed by atoms with Gasteiger partial charge in [-0.1, -0.05) is 43.0 Å². The Labute approximate surface area is 196 Å². The van der Waals surface area contributed by atoms with Gasteiger partial charge >= 0.3 is 17.9 Å². The summed E-state index contributed by atoms with van der Waals surface area (Å²) in [5.74, 6) is -0.564. The summed E-state index contributed by atoms with van der Waals surface area (Å²) in [6.07, 6.45) is 3.99. The van der Waals surface area contributed by atoms with Gasteiger partial charge in [0, 0.05) is 12.2 Å². The fourth-order valence-electron chi connectivity index (χ4n) is 2.84. The third-order valence-corrected chi connectivity index (χ3v) is 4.60. The number of ether oxygens (including phenoxy) is 4. The maximum absolute atomic E-state index is 12.1. The van der Waals surface area contributed by atoms with E-state index in [1.807, 2.05) is 24.3 Å². The Kier molecular flexibility index (Phi) is 8.35. The van der Waals surface area contributed by atoms with Crippen molar-refractivity contribution in [2.75, 3.05) is 13.9 Å². The van der Waals surface area contributed by atoms with Gasteiger partial charge in [-0.3, -0.25) is 0 Å². The number of carbonyl (C=O) groups excluding carboxylic acids is 3. The zero-order valence-electron chi connectivity index (χ0n) is 18.4. The summed E-state index contributed by atoms with van der Waals surface area (Å²) < 4.78 is 20.0. The van der Waals surface area contributed by atoms with Crippen LogP contribution in [0.2, 0.25) is 0 Å². The summed E-state index contributed by atoms with van der Waals surface area (Å²) in [5.41, 5.74) is 3.06. The Morgan fingerprint density at radius 1 is 0.794 bits per heavy atom. The second kappa shape index (κ2) is 11.8. The lowest BCUT2D eigenvalue weighted by Gasteiger charge is -2.06. The van der Waals surface area contributed by atoms with E-state index in [4.69, 9.17) is 18.9 Å². The van der Waals surface area contributed by atoms with Crippen molar-refractivity contribution in [2.45, 2.75) is 0 Å². The van der Waals surface area contributed by atoms with Crippen LogP contribution in [-0.2, 0) is 19.1 Å². The SMILES string of the molecule is C=CC(=O)OCOc1ccc(C=CC(=O)Oc2ccc(-c3ccc(C(=O)OC)cc3)cc2)cc1. The Bertz CT molecular complexity index is 1180. The molecule has 0 atom stereocenters. The van der Waals surface area contributed by atoms with Crippen molar-refractivity contribution in [3.8, 4) is 22.6 Å². The van der Waals surface area contributed by atoms with Crippen molar-refractivity contribution in [3.05, 3.63) is 103 Å². The van der Waals surface area contributed by atoms with E-state index in [0.717, 1.165) is 22.8 Å². The van der Waals surface area contributed by atoms with Crippen LogP contribution in [-0.4, -0.2) is 31.8 Å². The van der Waals surface area contributed by atoms with Gasteiger partial charge in [-0.15, -0.1) is 0 Å². The van der Waals surface area contributed by atoms with Crippen molar-refractivity contribution in [3.63, 3.8) is 0 Å². The quantitative estimate of drug-likeness (QED) is 0.196. The topological polar surface area (TPSA) is 88.1 Å². The first-order valence-electron chi connectivity index (χ1n) is 10.2. The summed E-state index contributed by atoms with van der Waals surface area (Å²) in [6, 6.07) is 20.9. The molecule has 3 aromatic rings. The van der Waals surface area contributed by atoms with Crippen molar-refractivity contribution < 1.29 is 33.3 Å². The summed E-state index contributed by atoms with van der Waals surface area (Å²) in [5, 5.41) is 0. The fourth-order valence-corrected chi connectivity index (χ4v) is 2.84. The molecular formula is C27H22O7. The minimum Gasteiger partial charge on any atom is -0.465 e. The lowest BCUT2D eigenvalue weighted by Crippen LogP contribution is -2.07. The van der Waals surface area contributed by atoms with Crippen LogP contribution in [0.25, 0.3) is 17.2 Å². The van der Waals surface area contributed by atoms with Crippen molar-refractivity contribution >= 4 is 24.0 Å². The molecular weight excluding hydrogens is 436 g/mol. The molecule has 172 valence electrons. The van der Waals surface area contributed by atoms with Crippen LogP contribution in [0, 0.1) is 0 Å². The van der Waals surface area contributed by atoms with Crippen LogP contribution in [0.1, 0.15) is 15.9 Å². The molecule has 0 fully saturated rings. The normalized spacial score (nSPS) is 10.4. The molecule has 0 saturated heterocycles. The average Bonchev–Trinajstić information content (AvgIpc) is 2.88. The third-order valence-electron chi connectivity index (χ3n) is 4.60. The second-order valence-corrected chi connectivity index (χ2v) is 6.85. The van der Waals surface area contributed by atoms with E-state index in [1.54, 1.807) is 54.6 Å². The first-order valence-corrected chi connectivity index (χ1v) is 10.2. The molecule has 0 aromatic heterocycles. The molecule has 0 N–H and O–H groups in total. The standard InChI is InChI=1S/C27H22O7/c1-3-25(28)33-18-32-23-13-4-19(5-14-23)6-17-26(29)34-24-15-11-21(12-16-24)20-7-9-22(10-8-20)27(30)31-2/h3-17H,1,18H2,2H3. The Morgan fingerprint density at radius 3 is 1.97 bits per heavy atom. The molecule has 0 saturated carbocycles. The highest BCUT2D eigenvalue weighted by Crippen LogP contribution is 2.23. The van der Waals surface area contributed by atoms with Gasteiger partial charge < -0.3 is 18.9 Å². The molecule has 3 rings (SSSR count). The molecule has 0 aliphatic heterocycles. The molecule has 0 aliphatic rings. The van der Waals surface area contributed by atoms with E-state index in [0.29, 0.717) is 17.1 Å². The highest BCUT2D eigenvalue weighted by atomic mass is 16.7. The molecule has 7 nitrogen and oxygen atoms in total. The van der Waals surface area contributed by atoms with E-state index >= 15 is 0 Å². The van der Waals surface area contributed by atoms with Crippen LogP contribution >= 0.6 is 0 Å². The Balaban J connectivity index is 1.52. The van der Waals surface area contributed by atoms with Gasteiger partial charge in [-0.2, -0.15) is 0 Å². The fraction of sp³-hybridized carbons (Fsp3) is 0.0741. The molecule has 0 bridgehead atoms. The lowest BCUT2D eigenvalue weighted by atomic mass is 10.0. The number of hydrogen-bond acceptors (Lipinski definition) is 7. The Morgan fingerprint density at radius 2 is 1.38 bits per heavy atom. The number of benzene rings is 3. The minimum absolute atomic E-state index is 0.218. The van der Waals surface area contributed by atoms with Gasteiger partial charge in [0.2, 0.25) is 6.79 Å². The highest BCUT2D eigenvalue weighted by molar-refractivity contribution is 5.90. The van der Waals surface area contributed by atoms with E-state index in [1.165, 1.54) is 13.2 Å². The summed E-state index contributed by atoms with van der Waals surface area (Å²) in [6.45, 7) is 3.08. The average molecular weight is 458 g/mol. The van der Waals surface area contributed by atoms with Crippen LogP contribution in [0.5, 0.6) is 11.5 Å². The van der Waals surface area contributed by atoms with Crippen LogP contribution < -0.4 is 9.47 Å². The van der Waals surface area contributed by atoms with Crippen molar-refractivity contribution in [2.24, 2.45) is 0 Å².